The Balaban J connectivity index is 2.04. The molecule has 0 spiro atoms. The molecule has 2 heterocycles. The summed E-state index contributed by atoms with van der Waals surface area (Å²) >= 11 is 0. The zero-order valence-corrected chi connectivity index (χ0v) is 16.1. The summed E-state index contributed by atoms with van der Waals surface area (Å²) in [6.07, 6.45) is 3.90. The van der Waals surface area contributed by atoms with Gasteiger partial charge in [0.05, 0.1) is 32.2 Å². The molecule has 6 nitrogen and oxygen atoms in total. The molecule has 0 fully saturated rings. The molecule has 0 saturated heterocycles. The summed E-state index contributed by atoms with van der Waals surface area (Å²) in [5, 5.41) is 0. The smallest absolute Gasteiger partial charge is 0.247 e. The maximum atomic E-state index is 13.5. The lowest BCUT2D eigenvalue weighted by Crippen LogP contribution is -2.31. The predicted molar refractivity (Wildman–Crippen MR) is 102 cm³/mol. The Hall–Kier alpha value is -2.64. The van der Waals surface area contributed by atoms with Crippen molar-refractivity contribution in [2.24, 2.45) is 0 Å². The van der Waals surface area contributed by atoms with E-state index in [1.807, 2.05) is 19.1 Å². The summed E-state index contributed by atoms with van der Waals surface area (Å²) in [4.78, 5) is 4.41. The summed E-state index contributed by atoms with van der Waals surface area (Å²) in [5.74, 6) is 0.873. The van der Waals surface area contributed by atoms with Crippen molar-refractivity contribution in [2.45, 2.75) is 31.3 Å². The average Bonchev–Trinajstić information content (AvgIpc) is 3.21. The number of benzene rings is 1. The Kier molecular flexibility index (Phi) is 5.93. The quantitative estimate of drug-likeness (QED) is 0.591. The van der Waals surface area contributed by atoms with Crippen LogP contribution >= 0.6 is 0 Å². The molecule has 0 saturated carbocycles. The Morgan fingerprint density at radius 2 is 1.96 bits per heavy atom. The summed E-state index contributed by atoms with van der Waals surface area (Å²) in [6, 6.07) is 14.1. The van der Waals surface area contributed by atoms with Gasteiger partial charge in [-0.25, -0.2) is 8.42 Å². The van der Waals surface area contributed by atoms with Crippen LogP contribution in [-0.4, -0.2) is 24.8 Å². The molecule has 0 N–H and O–H groups in total. The van der Waals surface area contributed by atoms with E-state index in [4.69, 9.17) is 9.15 Å². The first-order valence-electron chi connectivity index (χ1n) is 8.64. The highest BCUT2D eigenvalue weighted by Crippen LogP contribution is 2.30. The highest BCUT2D eigenvalue weighted by atomic mass is 32.2. The van der Waals surface area contributed by atoms with Crippen LogP contribution in [0.4, 0.5) is 0 Å². The molecule has 0 aliphatic rings. The summed E-state index contributed by atoms with van der Waals surface area (Å²) in [6.45, 7) is 2.21. The molecule has 0 aliphatic heterocycles. The van der Waals surface area contributed by atoms with E-state index in [0.29, 0.717) is 17.2 Å². The van der Waals surface area contributed by atoms with Gasteiger partial charge in [-0.15, -0.1) is 0 Å². The Labute approximate surface area is 159 Å². The average molecular weight is 386 g/mol. The van der Waals surface area contributed by atoms with E-state index in [2.05, 4.69) is 4.98 Å². The third-order valence-electron chi connectivity index (χ3n) is 4.23. The van der Waals surface area contributed by atoms with Crippen molar-refractivity contribution in [2.75, 3.05) is 7.11 Å². The minimum atomic E-state index is -3.84. The number of methoxy groups -OCH3 is 1. The van der Waals surface area contributed by atoms with Crippen molar-refractivity contribution in [3.8, 4) is 5.75 Å². The van der Waals surface area contributed by atoms with Crippen LogP contribution in [0.2, 0.25) is 0 Å². The lowest BCUT2D eigenvalue weighted by Gasteiger charge is -2.22. The molecule has 2 aromatic heterocycles. The zero-order valence-electron chi connectivity index (χ0n) is 15.3. The van der Waals surface area contributed by atoms with E-state index < -0.39 is 10.0 Å². The van der Waals surface area contributed by atoms with Gasteiger partial charge in [-0.3, -0.25) is 4.98 Å². The number of hydrogen-bond donors (Lipinski definition) is 0. The highest BCUT2D eigenvalue weighted by Gasteiger charge is 2.29. The first-order chi connectivity index (χ1) is 13.0. The number of rotatable bonds is 8. The highest BCUT2D eigenvalue weighted by molar-refractivity contribution is 7.89. The molecule has 0 amide bonds. The molecular weight excluding hydrogens is 364 g/mol. The molecule has 27 heavy (non-hydrogen) atoms. The molecule has 0 aliphatic carbocycles. The normalized spacial score (nSPS) is 11.7. The van der Waals surface area contributed by atoms with E-state index in [9.17, 15) is 8.42 Å². The lowest BCUT2D eigenvalue weighted by atomic mass is 10.2. The topological polar surface area (TPSA) is 72.6 Å². The SMILES string of the molecule is CCc1ccc(OC)c(S(=O)(=O)N(Cc2ccccn2)Cc2ccco2)c1. The van der Waals surface area contributed by atoms with Gasteiger partial charge in [-0.1, -0.05) is 19.1 Å². The van der Waals surface area contributed by atoms with Crippen LogP contribution in [0.25, 0.3) is 0 Å². The van der Waals surface area contributed by atoms with E-state index in [0.717, 1.165) is 12.0 Å². The van der Waals surface area contributed by atoms with Crippen LogP contribution in [0.5, 0.6) is 5.75 Å². The monoisotopic (exact) mass is 386 g/mol. The molecule has 0 radical (unpaired) electrons. The minimum absolute atomic E-state index is 0.103. The Morgan fingerprint density at radius 3 is 2.59 bits per heavy atom. The van der Waals surface area contributed by atoms with Gasteiger partial charge in [0.2, 0.25) is 10.0 Å². The third kappa shape index (κ3) is 4.37. The van der Waals surface area contributed by atoms with Gasteiger partial charge in [0, 0.05) is 6.20 Å². The minimum Gasteiger partial charge on any atom is -0.495 e. The van der Waals surface area contributed by atoms with E-state index in [1.165, 1.54) is 17.7 Å². The fourth-order valence-electron chi connectivity index (χ4n) is 2.76. The van der Waals surface area contributed by atoms with Gasteiger partial charge in [-0.05, 0) is 48.4 Å². The van der Waals surface area contributed by atoms with Crippen LogP contribution in [0.15, 0.2) is 70.3 Å². The summed E-state index contributed by atoms with van der Waals surface area (Å²) in [5.41, 5.74) is 1.57. The van der Waals surface area contributed by atoms with E-state index in [1.54, 1.807) is 42.6 Å². The van der Waals surface area contributed by atoms with Gasteiger partial charge < -0.3 is 9.15 Å². The van der Waals surface area contributed by atoms with Crippen molar-refractivity contribution >= 4 is 10.0 Å². The van der Waals surface area contributed by atoms with Gasteiger partial charge in [0.25, 0.3) is 0 Å². The van der Waals surface area contributed by atoms with Gasteiger partial charge in [0.15, 0.2) is 0 Å². The maximum absolute atomic E-state index is 13.5. The molecule has 0 unspecified atom stereocenters. The number of pyridine rings is 1. The molecule has 7 heteroatoms. The Morgan fingerprint density at radius 1 is 1.11 bits per heavy atom. The first-order valence-corrected chi connectivity index (χ1v) is 10.1. The summed E-state index contributed by atoms with van der Waals surface area (Å²) < 4.78 is 39.0. The third-order valence-corrected chi connectivity index (χ3v) is 6.04. The van der Waals surface area contributed by atoms with Crippen LogP contribution in [0, 0.1) is 0 Å². The second-order valence-electron chi connectivity index (χ2n) is 6.01. The van der Waals surface area contributed by atoms with Gasteiger partial charge in [0.1, 0.15) is 16.4 Å². The second-order valence-corrected chi connectivity index (χ2v) is 7.92. The fourth-order valence-corrected chi connectivity index (χ4v) is 4.34. The Bertz CT molecular complexity index is 970. The molecular formula is C20H22N2O4S. The van der Waals surface area contributed by atoms with Crippen molar-refractivity contribution in [3.63, 3.8) is 0 Å². The number of nitrogens with zero attached hydrogens (tertiary/aromatic N) is 2. The largest absolute Gasteiger partial charge is 0.495 e. The van der Waals surface area contributed by atoms with Gasteiger partial charge in [-0.2, -0.15) is 4.31 Å². The molecule has 0 bridgehead atoms. The van der Waals surface area contributed by atoms with Crippen LogP contribution in [0.1, 0.15) is 23.9 Å². The molecule has 0 atom stereocenters. The van der Waals surface area contributed by atoms with Crippen molar-refractivity contribution in [3.05, 3.63) is 78.0 Å². The number of aryl methyl sites for hydroxylation is 1. The molecule has 142 valence electrons. The van der Waals surface area contributed by atoms with Crippen molar-refractivity contribution in [1.29, 1.82) is 0 Å². The van der Waals surface area contributed by atoms with Crippen LogP contribution < -0.4 is 4.74 Å². The van der Waals surface area contributed by atoms with Crippen LogP contribution in [-0.2, 0) is 29.5 Å². The van der Waals surface area contributed by atoms with Crippen LogP contribution in [0.3, 0.4) is 0 Å². The van der Waals surface area contributed by atoms with Crippen molar-refractivity contribution in [1.82, 2.24) is 9.29 Å². The molecule has 3 rings (SSSR count). The molecule has 3 aromatic rings. The predicted octanol–water partition coefficient (Wildman–Crippen LogP) is 3.64. The maximum Gasteiger partial charge on any atom is 0.247 e. The first kappa shape index (κ1) is 19.1. The zero-order chi connectivity index (χ0) is 19.3. The molecule has 1 aromatic carbocycles. The van der Waals surface area contributed by atoms with Gasteiger partial charge >= 0.3 is 0 Å². The number of furan rings is 1. The number of sulfonamides is 1. The number of ether oxygens (including phenoxy) is 1. The fraction of sp³-hybridized carbons (Fsp3) is 0.250. The van der Waals surface area contributed by atoms with E-state index >= 15 is 0 Å². The van der Waals surface area contributed by atoms with Crippen molar-refractivity contribution < 1.29 is 17.6 Å². The number of aromatic nitrogens is 1. The second kappa shape index (κ2) is 8.37. The number of hydrogen-bond acceptors (Lipinski definition) is 5. The standard InChI is InChI=1S/C20H22N2O4S/c1-3-16-9-10-19(25-2)20(13-16)27(23,24)22(15-18-8-6-12-26-18)14-17-7-4-5-11-21-17/h4-13H,3,14-15H2,1-2H3. The summed E-state index contributed by atoms with van der Waals surface area (Å²) in [7, 11) is -2.37. The van der Waals surface area contributed by atoms with E-state index in [-0.39, 0.29) is 18.0 Å². The lowest BCUT2D eigenvalue weighted by molar-refractivity contribution is 0.350.